The lowest BCUT2D eigenvalue weighted by Gasteiger charge is -1.93. The Labute approximate surface area is 86.3 Å². The third kappa shape index (κ3) is 1.43. The number of aryl methyl sites for hydroxylation is 1. The first kappa shape index (κ1) is 9.64. The summed E-state index contributed by atoms with van der Waals surface area (Å²) in [6, 6.07) is 2.10. The summed E-state index contributed by atoms with van der Waals surface area (Å²) in [5.74, 6) is 0. The zero-order chi connectivity index (χ0) is 10.1. The molecule has 0 aliphatic heterocycles. The molecule has 0 amide bonds. The molecule has 0 aliphatic rings. The van der Waals surface area contributed by atoms with E-state index in [9.17, 15) is 0 Å². The molecule has 0 unspecified atom stereocenters. The first-order valence-corrected chi connectivity index (χ1v) is 5.21. The van der Waals surface area contributed by atoms with Crippen LogP contribution in [-0.4, -0.2) is 16.9 Å². The minimum atomic E-state index is 0.554. The third-order valence-corrected chi connectivity index (χ3v) is 3.35. The molecule has 76 valence electrons. The van der Waals surface area contributed by atoms with Crippen LogP contribution < -0.4 is 5.73 Å². The highest BCUT2D eigenvalue weighted by Gasteiger charge is 2.11. The van der Waals surface area contributed by atoms with Gasteiger partial charge in [-0.3, -0.25) is 4.68 Å². The molecular formula is C9H13N3OS. The van der Waals surface area contributed by atoms with Crippen LogP contribution in [0, 0.1) is 0 Å². The number of hydrogen-bond acceptors (Lipinski definition) is 4. The van der Waals surface area contributed by atoms with Gasteiger partial charge in [0.25, 0.3) is 0 Å². The van der Waals surface area contributed by atoms with Gasteiger partial charge in [-0.25, -0.2) is 0 Å². The first-order chi connectivity index (χ1) is 6.76. The average molecular weight is 211 g/mol. The van der Waals surface area contributed by atoms with Crippen molar-refractivity contribution in [2.24, 2.45) is 12.8 Å². The largest absolute Gasteiger partial charge is 0.378 e. The molecule has 5 heteroatoms. The van der Waals surface area contributed by atoms with Crippen LogP contribution in [0.1, 0.15) is 10.6 Å². The fourth-order valence-electron chi connectivity index (χ4n) is 1.50. The van der Waals surface area contributed by atoms with E-state index in [1.807, 2.05) is 11.7 Å². The van der Waals surface area contributed by atoms with Crippen molar-refractivity contribution in [3.05, 3.63) is 16.6 Å². The Kier molecular flexibility index (Phi) is 2.54. The number of nitrogens with zero attached hydrogens (tertiary/aromatic N) is 2. The monoisotopic (exact) mass is 211 g/mol. The van der Waals surface area contributed by atoms with Crippen LogP contribution in [0.25, 0.3) is 10.2 Å². The molecule has 2 aromatic heterocycles. The van der Waals surface area contributed by atoms with Crippen LogP contribution in [-0.2, 0) is 24.9 Å². The smallest absolute Gasteiger partial charge is 0.121 e. The maximum atomic E-state index is 5.60. The van der Waals surface area contributed by atoms with Crippen LogP contribution in [0.4, 0.5) is 0 Å². The standard InChI is InChI=1S/C9H13N3OS/c1-12-9-7(3-6(4-10)14-9)8(11-12)5-13-2/h3H,4-5,10H2,1-2H3. The Morgan fingerprint density at radius 1 is 1.64 bits per heavy atom. The molecule has 2 heterocycles. The first-order valence-electron chi connectivity index (χ1n) is 4.39. The van der Waals surface area contributed by atoms with Gasteiger partial charge in [0.1, 0.15) is 4.83 Å². The van der Waals surface area contributed by atoms with Crippen molar-refractivity contribution >= 4 is 21.6 Å². The zero-order valence-corrected chi connectivity index (χ0v) is 9.10. The summed E-state index contributed by atoms with van der Waals surface area (Å²) in [6.45, 7) is 1.14. The van der Waals surface area contributed by atoms with Gasteiger partial charge in [-0.1, -0.05) is 0 Å². The van der Waals surface area contributed by atoms with Gasteiger partial charge in [0.15, 0.2) is 0 Å². The predicted octanol–water partition coefficient (Wildman–Crippen LogP) is 1.24. The number of aromatic nitrogens is 2. The van der Waals surface area contributed by atoms with Crippen LogP contribution in [0.5, 0.6) is 0 Å². The number of hydrogen-bond donors (Lipinski definition) is 1. The molecule has 4 nitrogen and oxygen atoms in total. The van der Waals surface area contributed by atoms with Crippen LogP contribution in [0.2, 0.25) is 0 Å². The Balaban J connectivity index is 2.55. The minimum Gasteiger partial charge on any atom is -0.378 e. The van der Waals surface area contributed by atoms with Crippen LogP contribution in [0.15, 0.2) is 6.07 Å². The van der Waals surface area contributed by atoms with Crippen molar-refractivity contribution in [1.29, 1.82) is 0 Å². The molecule has 0 radical (unpaired) electrons. The van der Waals surface area contributed by atoms with E-state index in [-0.39, 0.29) is 0 Å². The van der Waals surface area contributed by atoms with E-state index in [2.05, 4.69) is 11.2 Å². The fourth-order valence-corrected chi connectivity index (χ4v) is 2.47. The van der Waals surface area contributed by atoms with Gasteiger partial charge in [-0.15, -0.1) is 11.3 Å². The van der Waals surface area contributed by atoms with Crippen LogP contribution >= 0.6 is 11.3 Å². The van der Waals surface area contributed by atoms with Gasteiger partial charge in [0.05, 0.1) is 12.3 Å². The average Bonchev–Trinajstić information content (AvgIpc) is 2.69. The second-order valence-electron chi connectivity index (χ2n) is 3.14. The molecule has 0 fully saturated rings. The quantitative estimate of drug-likeness (QED) is 0.831. The highest BCUT2D eigenvalue weighted by molar-refractivity contribution is 7.18. The molecular weight excluding hydrogens is 198 g/mol. The van der Waals surface area contributed by atoms with E-state index in [1.165, 1.54) is 10.3 Å². The topological polar surface area (TPSA) is 53.1 Å². The Hall–Kier alpha value is -0.910. The Bertz CT molecular complexity index is 446. The summed E-state index contributed by atoms with van der Waals surface area (Å²) >= 11 is 1.69. The number of methoxy groups -OCH3 is 1. The molecule has 2 rings (SSSR count). The minimum absolute atomic E-state index is 0.554. The van der Waals surface area contributed by atoms with Gasteiger partial charge < -0.3 is 10.5 Å². The van der Waals surface area contributed by atoms with Crippen molar-refractivity contribution in [2.45, 2.75) is 13.2 Å². The summed E-state index contributed by atoms with van der Waals surface area (Å²) in [5.41, 5.74) is 6.58. The third-order valence-electron chi connectivity index (χ3n) is 2.12. The maximum absolute atomic E-state index is 5.60. The van der Waals surface area contributed by atoms with Gasteiger partial charge in [0.2, 0.25) is 0 Å². The fraction of sp³-hybridized carbons (Fsp3) is 0.444. The molecule has 0 aliphatic carbocycles. The summed E-state index contributed by atoms with van der Waals surface area (Å²) in [7, 11) is 3.62. The SMILES string of the molecule is COCc1nn(C)c2sc(CN)cc12. The molecule has 0 saturated heterocycles. The Morgan fingerprint density at radius 3 is 3.07 bits per heavy atom. The van der Waals surface area contributed by atoms with Crippen molar-refractivity contribution in [3.63, 3.8) is 0 Å². The molecule has 0 bridgehead atoms. The number of thiophene rings is 1. The van der Waals surface area contributed by atoms with Gasteiger partial charge in [-0.05, 0) is 6.07 Å². The molecule has 0 saturated carbocycles. The van der Waals surface area contributed by atoms with Crippen molar-refractivity contribution in [2.75, 3.05) is 7.11 Å². The number of nitrogens with two attached hydrogens (primary N) is 1. The molecule has 2 aromatic rings. The van der Waals surface area contributed by atoms with Gasteiger partial charge in [-0.2, -0.15) is 5.10 Å². The van der Waals surface area contributed by atoms with Gasteiger partial charge in [0, 0.05) is 31.0 Å². The number of rotatable bonds is 3. The van der Waals surface area contributed by atoms with E-state index < -0.39 is 0 Å². The highest BCUT2D eigenvalue weighted by Crippen LogP contribution is 2.27. The lowest BCUT2D eigenvalue weighted by Crippen LogP contribution is -1.95. The zero-order valence-electron chi connectivity index (χ0n) is 8.28. The second-order valence-corrected chi connectivity index (χ2v) is 4.25. The van der Waals surface area contributed by atoms with Crippen LogP contribution in [0.3, 0.4) is 0 Å². The Morgan fingerprint density at radius 2 is 2.43 bits per heavy atom. The van der Waals surface area contributed by atoms with E-state index in [0.29, 0.717) is 13.2 Å². The van der Waals surface area contributed by atoms with Crippen molar-refractivity contribution in [1.82, 2.24) is 9.78 Å². The molecule has 0 spiro atoms. The molecule has 0 atom stereocenters. The molecule has 0 aromatic carbocycles. The maximum Gasteiger partial charge on any atom is 0.121 e. The summed E-state index contributed by atoms with van der Waals surface area (Å²) < 4.78 is 6.97. The van der Waals surface area contributed by atoms with Gasteiger partial charge >= 0.3 is 0 Å². The lowest BCUT2D eigenvalue weighted by atomic mass is 10.3. The molecule has 2 N–H and O–H groups in total. The summed E-state index contributed by atoms with van der Waals surface area (Å²) in [5, 5.41) is 5.54. The number of ether oxygens (including phenoxy) is 1. The highest BCUT2D eigenvalue weighted by atomic mass is 32.1. The lowest BCUT2D eigenvalue weighted by molar-refractivity contribution is 0.182. The predicted molar refractivity (Wildman–Crippen MR) is 57.2 cm³/mol. The van der Waals surface area contributed by atoms with Crippen molar-refractivity contribution < 1.29 is 4.74 Å². The second kappa shape index (κ2) is 3.68. The van der Waals surface area contributed by atoms with Crippen molar-refractivity contribution in [3.8, 4) is 0 Å². The summed E-state index contributed by atoms with van der Waals surface area (Å²) in [6.07, 6.45) is 0. The van der Waals surface area contributed by atoms with E-state index in [0.717, 1.165) is 10.5 Å². The summed E-state index contributed by atoms with van der Waals surface area (Å²) in [4.78, 5) is 2.35. The van der Waals surface area contributed by atoms with E-state index >= 15 is 0 Å². The normalized spacial score (nSPS) is 11.4. The van der Waals surface area contributed by atoms with E-state index in [4.69, 9.17) is 10.5 Å². The van der Waals surface area contributed by atoms with E-state index in [1.54, 1.807) is 18.4 Å². The molecule has 14 heavy (non-hydrogen) atoms. The number of fused-ring (bicyclic) bond motifs is 1.